The zero-order valence-electron chi connectivity index (χ0n) is 13.8. The van der Waals surface area contributed by atoms with E-state index in [4.69, 9.17) is 0 Å². The molecule has 24 heavy (non-hydrogen) atoms. The van der Waals surface area contributed by atoms with Crippen molar-refractivity contribution in [2.45, 2.75) is 19.4 Å². The van der Waals surface area contributed by atoms with E-state index in [-0.39, 0.29) is 11.8 Å². The second kappa shape index (κ2) is 5.91. The van der Waals surface area contributed by atoms with Gasteiger partial charge in [0.05, 0.1) is 11.1 Å². The fourth-order valence-corrected chi connectivity index (χ4v) is 4.23. The maximum atomic E-state index is 12.9. The molecule has 5 heteroatoms. The van der Waals surface area contributed by atoms with Gasteiger partial charge in [-0.2, -0.15) is 5.10 Å². The van der Waals surface area contributed by atoms with Gasteiger partial charge in [-0.25, -0.2) is 0 Å². The van der Waals surface area contributed by atoms with Crippen LogP contribution in [0.1, 0.15) is 37.8 Å². The molecule has 0 radical (unpaired) electrons. The van der Waals surface area contributed by atoms with Crippen molar-refractivity contribution in [3.8, 4) is 0 Å². The number of hydrogen-bond donors (Lipinski definition) is 0. The summed E-state index contributed by atoms with van der Waals surface area (Å²) < 4.78 is 1.82. The van der Waals surface area contributed by atoms with Gasteiger partial charge in [-0.15, -0.1) is 11.3 Å². The molecule has 0 N–H and O–H groups in total. The average molecular weight is 337 g/mol. The van der Waals surface area contributed by atoms with E-state index in [1.165, 1.54) is 22.5 Å². The van der Waals surface area contributed by atoms with Gasteiger partial charge >= 0.3 is 0 Å². The van der Waals surface area contributed by atoms with Crippen LogP contribution >= 0.6 is 11.3 Å². The molecule has 3 heterocycles. The Labute approximate surface area is 145 Å². The molecule has 4 nitrogen and oxygen atoms in total. The molecule has 1 aromatic carbocycles. The molecule has 3 aromatic rings. The molecule has 1 aliphatic rings. The van der Waals surface area contributed by atoms with Gasteiger partial charge in [0.2, 0.25) is 0 Å². The summed E-state index contributed by atoms with van der Waals surface area (Å²) in [5, 5.41) is 6.34. The summed E-state index contributed by atoms with van der Waals surface area (Å²) in [5.41, 5.74) is 4.82. The van der Waals surface area contributed by atoms with E-state index in [0.717, 1.165) is 16.0 Å². The Kier molecular flexibility index (Phi) is 3.73. The molecule has 0 saturated heterocycles. The third kappa shape index (κ3) is 2.65. The first-order valence-corrected chi connectivity index (χ1v) is 8.90. The van der Waals surface area contributed by atoms with Gasteiger partial charge in [-0.1, -0.05) is 24.3 Å². The Bertz CT molecular complexity index is 895. The standard InChI is InChI=1S/C19H19N3OS/c1-13-7-18(24-12-13)19(23)22-10-14-5-3-4-6-16(14)17(11-22)15-8-20-21(2)9-15/h3-9,12,17H,10-11H2,1-2H3/t17-/m1/s1. The van der Waals surface area contributed by atoms with E-state index < -0.39 is 0 Å². The Balaban J connectivity index is 1.71. The van der Waals surface area contributed by atoms with E-state index in [9.17, 15) is 4.79 Å². The fourth-order valence-electron chi connectivity index (χ4n) is 3.37. The first kappa shape index (κ1) is 15.1. The van der Waals surface area contributed by atoms with Crippen molar-refractivity contribution in [2.75, 3.05) is 6.54 Å². The number of thiophene rings is 1. The lowest BCUT2D eigenvalue weighted by Gasteiger charge is -2.34. The first-order chi connectivity index (χ1) is 11.6. The van der Waals surface area contributed by atoms with E-state index in [1.54, 1.807) is 0 Å². The largest absolute Gasteiger partial charge is 0.333 e. The van der Waals surface area contributed by atoms with E-state index in [2.05, 4.69) is 23.3 Å². The lowest BCUT2D eigenvalue weighted by Crippen LogP contribution is -2.38. The van der Waals surface area contributed by atoms with Gasteiger partial charge in [0.1, 0.15) is 0 Å². The van der Waals surface area contributed by atoms with Crippen molar-refractivity contribution < 1.29 is 4.79 Å². The van der Waals surface area contributed by atoms with Gasteiger partial charge in [-0.05, 0) is 40.6 Å². The smallest absolute Gasteiger partial charge is 0.264 e. The van der Waals surface area contributed by atoms with Crippen molar-refractivity contribution in [3.63, 3.8) is 0 Å². The summed E-state index contributed by atoms with van der Waals surface area (Å²) in [6, 6.07) is 10.4. The molecular weight excluding hydrogens is 318 g/mol. The average Bonchev–Trinajstić information content (AvgIpc) is 3.21. The summed E-state index contributed by atoms with van der Waals surface area (Å²) in [4.78, 5) is 15.7. The van der Waals surface area contributed by atoms with Gasteiger partial charge in [0.15, 0.2) is 0 Å². The summed E-state index contributed by atoms with van der Waals surface area (Å²) in [6.07, 6.45) is 3.95. The number of fused-ring (bicyclic) bond motifs is 1. The first-order valence-electron chi connectivity index (χ1n) is 8.02. The van der Waals surface area contributed by atoms with E-state index in [0.29, 0.717) is 13.1 Å². The van der Waals surface area contributed by atoms with Crippen molar-refractivity contribution in [2.24, 2.45) is 7.05 Å². The Hall–Kier alpha value is -2.40. The molecule has 1 atom stereocenters. The minimum Gasteiger partial charge on any atom is -0.333 e. The van der Waals surface area contributed by atoms with Crippen LogP contribution in [0.25, 0.3) is 0 Å². The van der Waals surface area contributed by atoms with Crippen LogP contribution < -0.4 is 0 Å². The monoisotopic (exact) mass is 337 g/mol. The molecule has 1 amide bonds. The summed E-state index contributed by atoms with van der Waals surface area (Å²) in [5.74, 6) is 0.296. The number of carbonyl (C=O) groups excluding carboxylic acids is 1. The van der Waals surface area contributed by atoms with Gasteiger partial charge in [-0.3, -0.25) is 9.48 Å². The molecule has 0 saturated carbocycles. The van der Waals surface area contributed by atoms with E-state index in [1.807, 2.05) is 53.5 Å². The Morgan fingerprint density at radius 3 is 2.88 bits per heavy atom. The zero-order valence-corrected chi connectivity index (χ0v) is 14.6. The van der Waals surface area contributed by atoms with Crippen LogP contribution in [0.2, 0.25) is 0 Å². The molecular formula is C19H19N3OS. The molecule has 0 fully saturated rings. The lowest BCUT2D eigenvalue weighted by atomic mass is 9.86. The normalized spacial score (nSPS) is 16.9. The number of nitrogens with zero attached hydrogens (tertiary/aromatic N) is 3. The minimum atomic E-state index is 0.122. The maximum Gasteiger partial charge on any atom is 0.264 e. The highest BCUT2D eigenvalue weighted by atomic mass is 32.1. The van der Waals surface area contributed by atoms with E-state index >= 15 is 0 Å². The highest BCUT2D eigenvalue weighted by Crippen LogP contribution is 2.34. The zero-order chi connectivity index (χ0) is 16.7. The molecule has 0 aliphatic carbocycles. The van der Waals surface area contributed by atoms with Gasteiger partial charge in [0.25, 0.3) is 5.91 Å². The number of benzene rings is 1. The number of carbonyl (C=O) groups is 1. The topological polar surface area (TPSA) is 38.1 Å². The maximum absolute atomic E-state index is 12.9. The van der Waals surface area contributed by atoms with Crippen molar-refractivity contribution in [3.05, 3.63) is 75.2 Å². The van der Waals surface area contributed by atoms with Crippen LogP contribution in [0.3, 0.4) is 0 Å². The van der Waals surface area contributed by atoms with Crippen molar-refractivity contribution >= 4 is 17.2 Å². The second-order valence-corrected chi connectivity index (χ2v) is 7.28. The van der Waals surface area contributed by atoms with Crippen LogP contribution in [0.4, 0.5) is 0 Å². The number of hydrogen-bond acceptors (Lipinski definition) is 3. The molecule has 0 spiro atoms. The highest BCUT2D eigenvalue weighted by Gasteiger charge is 2.30. The number of aryl methyl sites for hydroxylation is 2. The summed E-state index contributed by atoms with van der Waals surface area (Å²) >= 11 is 1.53. The molecule has 122 valence electrons. The van der Waals surface area contributed by atoms with Crippen LogP contribution in [0.5, 0.6) is 0 Å². The SMILES string of the molecule is Cc1csc(C(=O)N2Cc3ccccc3[C@@H](c3cnn(C)c3)C2)c1. The Morgan fingerprint density at radius 1 is 1.33 bits per heavy atom. The molecule has 4 rings (SSSR count). The lowest BCUT2D eigenvalue weighted by molar-refractivity contribution is 0.0730. The highest BCUT2D eigenvalue weighted by molar-refractivity contribution is 7.12. The predicted octanol–water partition coefficient (Wildman–Crippen LogP) is 3.58. The Morgan fingerprint density at radius 2 is 2.17 bits per heavy atom. The predicted molar refractivity (Wildman–Crippen MR) is 95.3 cm³/mol. The minimum absolute atomic E-state index is 0.122. The third-order valence-corrected chi connectivity index (χ3v) is 5.59. The van der Waals surface area contributed by atoms with Crippen LogP contribution in [-0.2, 0) is 13.6 Å². The van der Waals surface area contributed by atoms with Crippen molar-refractivity contribution in [1.82, 2.24) is 14.7 Å². The van der Waals surface area contributed by atoms with Gasteiger partial charge in [0, 0.05) is 32.3 Å². The van der Waals surface area contributed by atoms with Gasteiger partial charge < -0.3 is 4.90 Å². The molecule has 2 aromatic heterocycles. The molecule has 0 bridgehead atoms. The van der Waals surface area contributed by atoms with Crippen LogP contribution in [0.15, 0.2) is 48.1 Å². The van der Waals surface area contributed by atoms with Crippen LogP contribution in [0, 0.1) is 6.92 Å². The number of rotatable bonds is 2. The summed E-state index contributed by atoms with van der Waals surface area (Å²) in [6.45, 7) is 3.39. The molecule has 1 aliphatic heterocycles. The second-order valence-electron chi connectivity index (χ2n) is 6.37. The van der Waals surface area contributed by atoms with Crippen LogP contribution in [-0.4, -0.2) is 27.1 Å². The number of aromatic nitrogens is 2. The quantitative estimate of drug-likeness (QED) is 0.717. The molecule has 0 unspecified atom stereocenters. The fraction of sp³-hybridized carbons (Fsp3) is 0.263. The van der Waals surface area contributed by atoms with Crippen molar-refractivity contribution in [1.29, 1.82) is 0 Å². The third-order valence-electron chi connectivity index (χ3n) is 4.55. The number of amides is 1. The summed E-state index contributed by atoms with van der Waals surface area (Å²) in [7, 11) is 1.93.